The lowest BCUT2D eigenvalue weighted by molar-refractivity contribution is 1.42. The molecule has 0 bridgehead atoms. The molecule has 4 aromatic carbocycles. The Hall–Kier alpha value is -2.42. The molecule has 0 aliphatic rings. The summed E-state index contributed by atoms with van der Waals surface area (Å²) in [7, 11) is 0. The zero-order valence-corrected chi connectivity index (χ0v) is 15.9. The maximum atomic E-state index is 4.79. The lowest BCUT2D eigenvalue weighted by Crippen LogP contribution is -1.92. The maximum absolute atomic E-state index is 4.79. The van der Waals surface area contributed by atoms with Crippen LogP contribution in [0.5, 0.6) is 0 Å². The molecular formula is C24H18S2. The van der Waals surface area contributed by atoms with Gasteiger partial charge in [-0.25, -0.2) is 0 Å². The van der Waals surface area contributed by atoms with Crippen LogP contribution in [-0.4, -0.2) is 0 Å². The van der Waals surface area contributed by atoms with E-state index in [2.05, 4.69) is 85.4 Å². The second-order valence-corrected chi connectivity index (χ2v) is 7.16. The monoisotopic (exact) mass is 370 g/mol. The normalized spacial score (nSPS) is 10.7. The Morgan fingerprint density at radius 2 is 0.962 bits per heavy atom. The van der Waals surface area contributed by atoms with E-state index in [1.54, 1.807) is 0 Å². The van der Waals surface area contributed by atoms with E-state index in [0.29, 0.717) is 0 Å². The van der Waals surface area contributed by atoms with Gasteiger partial charge in [0.2, 0.25) is 0 Å². The van der Waals surface area contributed by atoms with Crippen molar-refractivity contribution in [2.75, 3.05) is 0 Å². The molecule has 0 unspecified atom stereocenters. The second kappa shape index (κ2) is 7.45. The smallest absolute Gasteiger partial charge is 0.0125 e. The topological polar surface area (TPSA) is 0 Å². The summed E-state index contributed by atoms with van der Waals surface area (Å²) < 4.78 is 0. The summed E-state index contributed by atoms with van der Waals surface area (Å²) in [4.78, 5) is 1.94. The van der Waals surface area contributed by atoms with E-state index < -0.39 is 0 Å². The van der Waals surface area contributed by atoms with E-state index in [0.717, 1.165) is 15.4 Å². The molecular weight excluding hydrogens is 352 g/mol. The van der Waals surface area contributed by atoms with Crippen LogP contribution < -0.4 is 0 Å². The summed E-state index contributed by atoms with van der Waals surface area (Å²) in [6.07, 6.45) is 0. The van der Waals surface area contributed by atoms with Gasteiger partial charge in [-0.2, -0.15) is 0 Å². The Morgan fingerprint density at radius 1 is 0.423 bits per heavy atom. The van der Waals surface area contributed by atoms with Crippen LogP contribution in [0.25, 0.3) is 33.4 Å². The average Bonchev–Trinajstić information content (AvgIpc) is 2.70. The van der Waals surface area contributed by atoms with Gasteiger partial charge in [0.05, 0.1) is 0 Å². The van der Waals surface area contributed by atoms with E-state index in [1.807, 2.05) is 24.3 Å². The van der Waals surface area contributed by atoms with Gasteiger partial charge in [0.25, 0.3) is 0 Å². The minimum atomic E-state index is 0.962. The van der Waals surface area contributed by atoms with Gasteiger partial charge in [0, 0.05) is 15.4 Å². The lowest BCUT2D eigenvalue weighted by atomic mass is 9.87. The van der Waals surface area contributed by atoms with E-state index in [-0.39, 0.29) is 0 Å². The molecule has 0 amide bonds. The van der Waals surface area contributed by atoms with Crippen molar-refractivity contribution in [1.82, 2.24) is 0 Å². The minimum absolute atomic E-state index is 0.962. The molecule has 26 heavy (non-hydrogen) atoms. The zero-order valence-electron chi connectivity index (χ0n) is 14.1. The highest BCUT2D eigenvalue weighted by atomic mass is 32.1. The minimum Gasteiger partial charge on any atom is -0.143 e. The van der Waals surface area contributed by atoms with Crippen molar-refractivity contribution in [3.05, 3.63) is 97.1 Å². The molecule has 4 rings (SSSR count). The first-order valence-corrected chi connectivity index (χ1v) is 9.40. The highest BCUT2D eigenvalue weighted by molar-refractivity contribution is 7.80. The molecule has 0 radical (unpaired) electrons. The molecule has 0 aliphatic heterocycles. The van der Waals surface area contributed by atoms with Gasteiger partial charge in [0.15, 0.2) is 0 Å². The summed E-state index contributed by atoms with van der Waals surface area (Å²) in [6.45, 7) is 0. The molecule has 0 spiro atoms. The molecule has 0 saturated carbocycles. The molecule has 126 valence electrons. The number of thiol groups is 2. The molecule has 0 atom stereocenters. The Balaban J connectivity index is 2.06. The summed E-state index contributed by atoms with van der Waals surface area (Å²) in [5.74, 6) is 0. The summed E-state index contributed by atoms with van der Waals surface area (Å²) >= 11 is 9.21. The van der Waals surface area contributed by atoms with Crippen LogP contribution >= 0.6 is 25.3 Å². The van der Waals surface area contributed by atoms with Gasteiger partial charge in [-0.05, 0) is 46.0 Å². The molecule has 0 heterocycles. The second-order valence-electron chi connectivity index (χ2n) is 6.16. The molecule has 0 saturated heterocycles. The van der Waals surface area contributed by atoms with Crippen LogP contribution in [-0.2, 0) is 0 Å². The first kappa shape index (κ1) is 17.0. The largest absolute Gasteiger partial charge is 0.143 e. The van der Waals surface area contributed by atoms with Gasteiger partial charge >= 0.3 is 0 Å². The van der Waals surface area contributed by atoms with Gasteiger partial charge in [-0.1, -0.05) is 78.9 Å². The molecule has 0 nitrogen and oxygen atoms in total. The Labute approximate surface area is 165 Å². The standard InChI is InChI=1S/C24H18S2/c25-20-13-11-17(12-14-20)21-15-16-22(26)24(19-9-5-2-6-10-19)23(21)18-7-3-1-4-8-18/h1-16,25-26H. The number of hydrogen-bond acceptors (Lipinski definition) is 2. The average molecular weight is 371 g/mol. The highest BCUT2D eigenvalue weighted by Crippen LogP contribution is 2.43. The van der Waals surface area contributed by atoms with Crippen molar-refractivity contribution in [2.24, 2.45) is 0 Å². The van der Waals surface area contributed by atoms with Crippen LogP contribution in [0.4, 0.5) is 0 Å². The quantitative estimate of drug-likeness (QED) is 0.348. The molecule has 0 N–H and O–H groups in total. The predicted octanol–water partition coefficient (Wildman–Crippen LogP) is 7.27. The van der Waals surface area contributed by atoms with Crippen molar-refractivity contribution in [3.8, 4) is 33.4 Å². The first-order chi connectivity index (χ1) is 12.7. The third-order valence-corrected chi connectivity index (χ3v) is 5.16. The molecule has 2 heteroatoms. The van der Waals surface area contributed by atoms with Crippen molar-refractivity contribution in [2.45, 2.75) is 9.79 Å². The maximum Gasteiger partial charge on any atom is 0.0125 e. The van der Waals surface area contributed by atoms with Crippen molar-refractivity contribution in [1.29, 1.82) is 0 Å². The van der Waals surface area contributed by atoms with Crippen molar-refractivity contribution >= 4 is 25.3 Å². The van der Waals surface area contributed by atoms with Gasteiger partial charge in [0.1, 0.15) is 0 Å². The predicted molar refractivity (Wildman–Crippen MR) is 117 cm³/mol. The summed E-state index contributed by atoms with van der Waals surface area (Å²) in [5.41, 5.74) is 7.09. The van der Waals surface area contributed by atoms with E-state index >= 15 is 0 Å². The van der Waals surface area contributed by atoms with E-state index in [4.69, 9.17) is 12.6 Å². The van der Waals surface area contributed by atoms with Gasteiger partial charge < -0.3 is 0 Å². The third-order valence-electron chi connectivity index (χ3n) is 4.49. The van der Waals surface area contributed by atoms with Crippen molar-refractivity contribution < 1.29 is 0 Å². The molecule has 0 aliphatic carbocycles. The Kier molecular flexibility index (Phi) is 4.87. The fourth-order valence-corrected chi connectivity index (χ4v) is 3.74. The van der Waals surface area contributed by atoms with Crippen molar-refractivity contribution in [3.63, 3.8) is 0 Å². The summed E-state index contributed by atoms with van der Waals surface area (Å²) in [6, 6.07) is 33.5. The molecule has 0 aromatic heterocycles. The first-order valence-electron chi connectivity index (χ1n) is 8.50. The Morgan fingerprint density at radius 3 is 1.54 bits per heavy atom. The molecule has 4 aromatic rings. The SMILES string of the molecule is Sc1ccc(-c2ccc(S)c(-c3ccccc3)c2-c2ccccc2)cc1. The van der Waals surface area contributed by atoms with Gasteiger partial charge in [-0.15, -0.1) is 25.3 Å². The fourth-order valence-electron chi connectivity index (χ4n) is 3.27. The zero-order chi connectivity index (χ0) is 17.9. The van der Waals surface area contributed by atoms with Crippen LogP contribution in [0.15, 0.2) is 107 Å². The Bertz CT molecular complexity index is 1020. The lowest BCUT2D eigenvalue weighted by Gasteiger charge is -2.18. The van der Waals surface area contributed by atoms with Crippen LogP contribution in [0.1, 0.15) is 0 Å². The fraction of sp³-hybridized carbons (Fsp3) is 0. The number of rotatable bonds is 3. The van der Waals surface area contributed by atoms with E-state index in [1.165, 1.54) is 27.8 Å². The number of benzene rings is 4. The van der Waals surface area contributed by atoms with Crippen LogP contribution in [0, 0.1) is 0 Å². The highest BCUT2D eigenvalue weighted by Gasteiger charge is 2.16. The van der Waals surface area contributed by atoms with E-state index in [9.17, 15) is 0 Å². The third kappa shape index (κ3) is 3.31. The number of hydrogen-bond donors (Lipinski definition) is 2. The van der Waals surface area contributed by atoms with Crippen LogP contribution in [0.2, 0.25) is 0 Å². The van der Waals surface area contributed by atoms with Gasteiger partial charge in [-0.3, -0.25) is 0 Å². The molecule has 0 fully saturated rings. The summed E-state index contributed by atoms with van der Waals surface area (Å²) in [5, 5.41) is 0. The van der Waals surface area contributed by atoms with Crippen LogP contribution in [0.3, 0.4) is 0 Å².